The van der Waals surface area contributed by atoms with E-state index >= 15 is 0 Å². The highest BCUT2D eigenvalue weighted by molar-refractivity contribution is 7.91. The summed E-state index contributed by atoms with van der Waals surface area (Å²) in [5, 5.41) is 9.43. The van der Waals surface area contributed by atoms with Crippen LogP contribution in [0.4, 0.5) is 5.82 Å². The lowest BCUT2D eigenvalue weighted by Gasteiger charge is -2.14. The second kappa shape index (κ2) is 7.68. The molecule has 0 bridgehead atoms. The molecule has 1 amide bonds. The number of sulfone groups is 1. The molecule has 0 spiro atoms. The van der Waals surface area contributed by atoms with E-state index in [2.05, 4.69) is 10.4 Å². The summed E-state index contributed by atoms with van der Waals surface area (Å²) in [6.45, 7) is 1.60. The SMILES string of the molecule is Cc1cc(NC(=O)COc2ccc(Cl)c3ccccc23)n([C@H]2CCS(=O)(=O)C2)n1. The Labute approximate surface area is 173 Å². The molecule has 7 nitrogen and oxygen atoms in total. The van der Waals surface area contributed by atoms with Gasteiger partial charge in [-0.05, 0) is 25.5 Å². The molecule has 0 aliphatic carbocycles. The van der Waals surface area contributed by atoms with Crippen molar-refractivity contribution in [2.75, 3.05) is 23.4 Å². The van der Waals surface area contributed by atoms with E-state index in [1.807, 2.05) is 24.3 Å². The maximum absolute atomic E-state index is 12.5. The number of hydrogen-bond acceptors (Lipinski definition) is 5. The third-order valence-electron chi connectivity index (χ3n) is 4.87. The van der Waals surface area contributed by atoms with Gasteiger partial charge in [-0.15, -0.1) is 0 Å². The van der Waals surface area contributed by atoms with Crippen molar-refractivity contribution in [2.45, 2.75) is 19.4 Å². The molecular weight excluding hydrogens is 414 g/mol. The van der Waals surface area contributed by atoms with Gasteiger partial charge in [-0.2, -0.15) is 5.10 Å². The van der Waals surface area contributed by atoms with Crippen molar-refractivity contribution in [1.82, 2.24) is 9.78 Å². The molecule has 2 heterocycles. The van der Waals surface area contributed by atoms with Gasteiger partial charge in [-0.25, -0.2) is 13.1 Å². The van der Waals surface area contributed by atoms with Crippen LogP contribution in [0.15, 0.2) is 42.5 Å². The highest BCUT2D eigenvalue weighted by Gasteiger charge is 2.31. The van der Waals surface area contributed by atoms with Crippen molar-refractivity contribution in [3.05, 3.63) is 53.2 Å². The predicted octanol–water partition coefficient (Wildman–Crippen LogP) is 3.38. The number of halogens is 1. The Morgan fingerprint density at radius 1 is 1.28 bits per heavy atom. The van der Waals surface area contributed by atoms with Gasteiger partial charge in [-0.1, -0.05) is 35.9 Å². The number of ether oxygens (including phenoxy) is 1. The Bertz CT molecular complexity index is 1190. The lowest BCUT2D eigenvalue weighted by molar-refractivity contribution is -0.118. The molecule has 2 aromatic carbocycles. The van der Waals surface area contributed by atoms with Crippen molar-refractivity contribution in [3.8, 4) is 5.75 Å². The molecule has 0 radical (unpaired) electrons. The minimum atomic E-state index is -3.06. The third-order valence-corrected chi connectivity index (χ3v) is 6.95. The quantitative estimate of drug-likeness (QED) is 0.666. The Hall–Kier alpha value is -2.58. The van der Waals surface area contributed by atoms with E-state index in [0.29, 0.717) is 28.7 Å². The Kier molecular flexibility index (Phi) is 5.23. The summed E-state index contributed by atoms with van der Waals surface area (Å²) in [4.78, 5) is 12.5. The molecule has 1 N–H and O–H groups in total. The minimum absolute atomic E-state index is 0.0320. The number of aromatic nitrogens is 2. The summed E-state index contributed by atoms with van der Waals surface area (Å²) in [5.41, 5.74) is 0.703. The fourth-order valence-corrected chi connectivity index (χ4v) is 5.46. The zero-order chi connectivity index (χ0) is 20.6. The van der Waals surface area contributed by atoms with Crippen molar-refractivity contribution < 1.29 is 17.9 Å². The monoisotopic (exact) mass is 433 g/mol. The van der Waals surface area contributed by atoms with E-state index in [0.717, 1.165) is 10.8 Å². The molecule has 1 aliphatic rings. The summed E-state index contributed by atoms with van der Waals surface area (Å²) >= 11 is 6.21. The maximum Gasteiger partial charge on any atom is 0.263 e. The number of aryl methyl sites for hydroxylation is 1. The van der Waals surface area contributed by atoms with E-state index in [1.54, 1.807) is 29.8 Å². The van der Waals surface area contributed by atoms with Crippen LogP contribution in [0.2, 0.25) is 5.02 Å². The number of benzene rings is 2. The van der Waals surface area contributed by atoms with E-state index in [4.69, 9.17) is 16.3 Å². The van der Waals surface area contributed by atoms with Crippen LogP contribution in [0, 0.1) is 6.92 Å². The first-order valence-corrected chi connectivity index (χ1v) is 11.4. The van der Waals surface area contributed by atoms with Gasteiger partial charge in [0.05, 0.1) is 23.2 Å². The highest BCUT2D eigenvalue weighted by Crippen LogP contribution is 2.31. The summed E-state index contributed by atoms with van der Waals surface area (Å²) < 4.78 is 30.9. The number of nitrogens with one attached hydrogen (secondary N) is 1. The molecule has 1 aromatic heterocycles. The van der Waals surface area contributed by atoms with Gasteiger partial charge in [0.15, 0.2) is 16.4 Å². The van der Waals surface area contributed by atoms with E-state index in [-0.39, 0.29) is 30.1 Å². The molecule has 1 fully saturated rings. The van der Waals surface area contributed by atoms with Crippen LogP contribution in [-0.2, 0) is 14.6 Å². The van der Waals surface area contributed by atoms with Gasteiger partial charge in [0, 0.05) is 21.9 Å². The smallest absolute Gasteiger partial charge is 0.263 e. The number of rotatable bonds is 5. The minimum Gasteiger partial charge on any atom is -0.483 e. The molecule has 29 heavy (non-hydrogen) atoms. The summed E-state index contributed by atoms with van der Waals surface area (Å²) in [6, 6.07) is 12.5. The summed E-state index contributed by atoms with van der Waals surface area (Å²) in [6.07, 6.45) is 0.486. The number of nitrogens with zero attached hydrogens (tertiary/aromatic N) is 2. The van der Waals surface area contributed by atoms with Crippen LogP contribution in [0.3, 0.4) is 0 Å². The Balaban J connectivity index is 1.47. The van der Waals surface area contributed by atoms with Crippen LogP contribution < -0.4 is 10.1 Å². The first kappa shape index (κ1) is 19.7. The third kappa shape index (κ3) is 4.23. The molecule has 0 unspecified atom stereocenters. The van der Waals surface area contributed by atoms with Gasteiger partial charge in [0.25, 0.3) is 5.91 Å². The Morgan fingerprint density at radius 2 is 2.03 bits per heavy atom. The fourth-order valence-electron chi connectivity index (χ4n) is 3.54. The number of amides is 1. The number of carbonyl (C=O) groups is 1. The van der Waals surface area contributed by atoms with E-state index in [9.17, 15) is 13.2 Å². The van der Waals surface area contributed by atoms with Crippen LogP contribution in [0.25, 0.3) is 10.8 Å². The second-order valence-corrected chi connectivity index (χ2v) is 9.74. The molecule has 1 atom stereocenters. The van der Waals surface area contributed by atoms with Gasteiger partial charge in [0.2, 0.25) is 0 Å². The normalized spacial score (nSPS) is 18.1. The van der Waals surface area contributed by atoms with E-state index in [1.165, 1.54) is 0 Å². The molecule has 9 heteroatoms. The number of anilines is 1. The molecule has 0 saturated carbocycles. The lowest BCUT2D eigenvalue weighted by atomic mass is 10.1. The highest BCUT2D eigenvalue weighted by atomic mass is 35.5. The molecular formula is C20H20ClN3O4S. The van der Waals surface area contributed by atoms with Crippen molar-refractivity contribution in [3.63, 3.8) is 0 Å². The standard InChI is InChI=1S/C20H20ClN3O4S/c1-13-10-19(24(23-13)14-8-9-29(26,27)12-14)22-20(25)11-28-18-7-6-17(21)15-4-2-3-5-16(15)18/h2-7,10,14H,8-9,11-12H2,1H3,(H,22,25)/t14-/m0/s1. The second-order valence-electron chi connectivity index (χ2n) is 7.10. The molecule has 1 aliphatic heterocycles. The first-order chi connectivity index (χ1) is 13.8. The largest absolute Gasteiger partial charge is 0.483 e. The zero-order valence-corrected chi connectivity index (χ0v) is 17.3. The van der Waals surface area contributed by atoms with Crippen molar-refractivity contribution >= 4 is 43.9 Å². The predicted molar refractivity (Wildman–Crippen MR) is 112 cm³/mol. The summed E-state index contributed by atoms with van der Waals surface area (Å²) in [5.74, 6) is 0.845. The van der Waals surface area contributed by atoms with Crippen LogP contribution in [-0.4, -0.2) is 42.2 Å². The molecule has 1 saturated heterocycles. The number of hydrogen-bond donors (Lipinski definition) is 1. The van der Waals surface area contributed by atoms with Crippen LogP contribution in [0.5, 0.6) is 5.75 Å². The number of fused-ring (bicyclic) bond motifs is 1. The maximum atomic E-state index is 12.5. The van der Waals surface area contributed by atoms with E-state index < -0.39 is 9.84 Å². The van der Waals surface area contributed by atoms with Crippen molar-refractivity contribution in [1.29, 1.82) is 0 Å². The molecule has 152 valence electrons. The average Bonchev–Trinajstić information content (AvgIpc) is 3.22. The topological polar surface area (TPSA) is 90.3 Å². The Morgan fingerprint density at radius 3 is 2.76 bits per heavy atom. The van der Waals surface area contributed by atoms with Gasteiger partial charge in [-0.3, -0.25) is 4.79 Å². The first-order valence-electron chi connectivity index (χ1n) is 9.19. The van der Waals surface area contributed by atoms with Crippen molar-refractivity contribution in [2.24, 2.45) is 0 Å². The van der Waals surface area contributed by atoms with Gasteiger partial charge >= 0.3 is 0 Å². The zero-order valence-electron chi connectivity index (χ0n) is 15.8. The fraction of sp³-hybridized carbons (Fsp3) is 0.300. The van der Waals surface area contributed by atoms with Crippen LogP contribution >= 0.6 is 11.6 Å². The number of carbonyl (C=O) groups excluding carboxylic acids is 1. The average molecular weight is 434 g/mol. The molecule has 4 rings (SSSR count). The summed E-state index contributed by atoms with van der Waals surface area (Å²) in [7, 11) is -3.06. The van der Waals surface area contributed by atoms with Gasteiger partial charge in [0.1, 0.15) is 11.6 Å². The molecule has 3 aromatic rings. The lowest BCUT2D eigenvalue weighted by Crippen LogP contribution is -2.23. The van der Waals surface area contributed by atoms with Gasteiger partial charge < -0.3 is 10.1 Å². The van der Waals surface area contributed by atoms with Crippen LogP contribution in [0.1, 0.15) is 18.2 Å².